The van der Waals surface area contributed by atoms with E-state index in [4.69, 9.17) is 4.74 Å². The van der Waals surface area contributed by atoms with Gasteiger partial charge in [0.1, 0.15) is 0 Å². The van der Waals surface area contributed by atoms with E-state index in [0.29, 0.717) is 37.6 Å². The largest absolute Gasteiger partial charge is 0.378 e. The van der Waals surface area contributed by atoms with E-state index in [9.17, 15) is 9.59 Å². The summed E-state index contributed by atoms with van der Waals surface area (Å²) in [5.41, 5.74) is 4.74. The van der Waals surface area contributed by atoms with Crippen molar-refractivity contribution in [3.05, 3.63) is 53.6 Å². The normalized spacial score (nSPS) is 16.9. The molecule has 4 rings (SSSR count). The molecule has 2 aliphatic heterocycles. The maximum atomic E-state index is 13.5. The number of piperazine rings is 1. The molecular formula is C24H30N4O3. The molecule has 0 atom stereocenters. The number of nitrogens with zero attached hydrogens (tertiary/aromatic N) is 3. The van der Waals surface area contributed by atoms with E-state index >= 15 is 0 Å². The highest BCUT2D eigenvalue weighted by molar-refractivity contribution is 6.01. The van der Waals surface area contributed by atoms with Crippen LogP contribution in [0.25, 0.3) is 0 Å². The van der Waals surface area contributed by atoms with Crippen LogP contribution in [-0.4, -0.2) is 69.2 Å². The van der Waals surface area contributed by atoms with Crippen molar-refractivity contribution in [2.24, 2.45) is 0 Å². The average Bonchev–Trinajstić information content (AvgIpc) is 2.79. The van der Waals surface area contributed by atoms with Gasteiger partial charge in [0.2, 0.25) is 5.91 Å². The van der Waals surface area contributed by atoms with Crippen LogP contribution in [-0.2, 0) is 9.53 Å². The lowest BCUT2D eigenvalue weighted by molar-refractivity contribution is -0.114. The highest BCUT2D eigenvalue weighted by atomic mass is 16.5. The quantitative estimate of drug-likeness (QED) is 0.821. The Labute approximate surface area is 183 Å². The number of para-hydroxylation sites is 1. The Balaban J connectivity index is 1.52. The predicted molar refractivity (Wildman–Crippen MR) is 123 cm³/mol. The summed E-state index contributed by atoms with van der Waals surface area (Å²) in [6, 6.07) is 13.9. The number of nitrogens with one attached hydrogen (secondary N) is 1. The van der Waals surface area contributed by atoms with E-state index in [-0.39, 0.29) is 11.8 Å². The van der Waals surface area contributed by atoms with E-state index in [2.05, 4.69) is 46.3 Å². The van der Waals surface area contributed by atoms with Crippen LogP contribution in [0.3, 0.4) is 0 Å². The Kier molecular flexibility index (Phi) is 6.42. The number of carbonyl (C=O) groups excluding carboxylic acids is 2. The Morgan fingerprint density at radius 2 is 1.55 bits per heavy atom. The number of amides is 2. The first kappa shape index (κ1) is 21.2. The van der Waals surface area contributed by atoms with Crippen LogP contribution in [0.4, 0.5) is 17.1 Å². The molecule has 31 heavy (non-hydrogen) atoms. The summed E-state index contributed by atoms with van der Waals surface area (Å²) in [5, 5.41) is 2.83. The van der Waals surface area contributed by atoms with Crippen molar-refractivity contribution in [2.45, 2.75) is 13.8 Å². The maximum absolute atomic E-state index is 13.5. The predicted octanol–water partition coefficient (Wildman–Crippen LogP) is 2.75. The fourth-order valence-electron chi connectivity index (χ4n) is 4.30. The molecule has 0 radical (unpaired) electrons. The van der Waals surface area contributed by atoms with Gasteiger partial charge in [-0.3, -0.25) is 9.59 Å². The van der Waals surface area contributed by atoms with Crippen molar-refractivity contribution < 1.29 is 14.3 Å². The van der Waals surface area contributed by atoms with Crippen LogP contribution >= 0.6 is 0 Å². The van der Waals surface area contributed by atoms with Crippen LogP contribution in [0.1, 0.15) is 22.8 Å². The molecule has 7 nitrogen and oxygen atoms in total. The summed E-state index contributed by atoms with van der Waals surface area (Å²) in [4.78, 5) is 31.4. The summed E-state index contributed by atoms with van der Waals surface area (Å²) in [6.45, 7) is 9.32. The third kappa shape index (κ3) is 4.82. The second-order valence-electron chi connectivity index (χ2n) is 8.08. The molecule has 0 aliphatic carbocycles. The number of aryl methyl sites for hydroxylation is 1. The molecule has 7 heteroatoms. The standard InChI is InChI=1S/C24H30N4O3/c1-18-5-3-4-6-22(18)26-9-11-28(12-10-26)24(30)21-8-7-20(25-19(2)29)17-23(21)27-13-15-31-16-14-27/h3-8,17H,9-16H2,1-2H3,(H,25,29). The summed E-state index contributed by atoms with van der Waals surface area (Å²) in [5.74, 6) is -0.0837. The molecule has 0 bridgehead atoms. The van der Waals surface area contributed by atoms with E-state index in [1.807, 2.05) is 23.1 Å². The molecule has 0 saturated carbocycles. The number of ether oxygens (including phenoxy) is 1. The first-order valence-electron chi connectivity index (χ1n) is 10.9. The molecule has 0 spiro atoms. The smallest absolute Gasteiger partial charge is 0.256 e. The molecule has 0 aromatic heterocycles. The van der Waals surface area contributed by atoms with Gasteiger partial charge in [0.15, 0.2) is 0 Å². The van der Waals surface area contributed by atoms with Gasteiger partial charge in [-0.15, -0.1) is 0 Å². The molecule has 0 unspecified atom stereocenters. The second kappa shape index (κ2) is 9.39. The third-order valence-electron chi connectivity index (χ3n) is 5.92. The summed E-state index contributed by atoms with van der Waals surface area (Å²) >= 11 is 0. The molecule has 2 aromatic rings. The molecule has 164 valence electrons. The Bertz CT molecular complexity index is 948. The zero-order valence-electron chi connectivity index (χ0n) is 18.3. The lowest BCUT2D eigenvalue weighted by atomic mass is 10.1. The lowest BCUT2D eigenvalue weighted by Crippen LogP contribution is -2.49. The number of benzene rings is 2. The molecule has 2 heterocycles. The maximum Gasteiger partial charge on any atom is 0.256 e. The minimum Gasteiger partial charge on any atom is -0.378 e. The van der Waals surface area contributed by atoms with Gasteiger partial charge in [-0.2, -0.15) is 0 Å². The zero-order valence-corrected chi connectivity index (χ0v) is 18.3. The zero-order chi connectivity index (χ0) is 21.8. The topological polar surface area (TPSA) is 65.1 Å². The van der Waals surface area contributed by atoms with Crippen LogP contribution < -0.4 is 15.1 Å². The van der Waals surface area contributed by atoms with Gasteiger partial charge in [-0.25, -0.2) is 0 Å². The minimum atomic E-state index is -0.126. The van der Waals surface area contributed by atoms with Crippen LogP contribution in [0.2, 0.25) is 0 Å². The van der Waals surface area contributed by atoms with Gasteiger partial charge in [-0.05, 0) is 36.8 Å². The van der Waals surface area contributed by atoms with Crippen molar-refractivity contribution >= 4 is 28.9 Å². The van der Waals surface area contributed by atoms with Gasteiger partial charge < -0.3 is 24.8 Å². The Morgan fingerprint density at radius 1 is 0.871 bits per heavy atom. The molecule has 2 fully saturated rings. The van der Waals surface area contributed by atoms with Crippen molar-refractivity contribution in [1.29, 1.82) is 0 Å². The third-order valence-corrected chi connectivity index (χ3v) is 5.92. The first-order chi connectivity index (χ1) is 15.0. The van der Waals surface area contributed by atoms with E-state index in [1.165, 1.54) is 18.2 Å². The number of rotatable bonds is 4. The molecule has 2 saturated heterocycles. The van der Waals surface area contributed by atoms with E-state index in [0.717, 1.165) is 31.9 Å². The number of hydrogen-bond donors (Lipinski definition) is 1. The average molecular weight is 423 g/mol. The highest BCUT2D eigenvalue weighted by Crippen LogP contribution is 2.28. The van der Waals surface area contributed by atoms with Crippen molar-refractivity contribution in [3.63, 3.8) is 0 Å². The Hall–Kier alpha value is -3.06. The molecule has 2 aromatic carbocycles. The number of hydrogen-bond acceptors (Lipinski definition) is 5. The molecule has 1 N–H and O–H groups in total. The molecule has 2 aliphatic rings. The van der Waals surface area contributed by atoms with Gasteiger partial charge in [0.25, 0.3) is 5.91 Å². The van der Waals surface area contributed by atoms with Crippen LogP contribution in [0.15, 0.2) is 42.5 Å². The molecule has 2 amide bonds. The lowest BCUT2D eigenvalue weighted by Gasteiger charge is -2.38. The fourth-order valence-corrected chi connectivity index (χ4v) is 4.30. The van der Waals surface area contributed by atoms with Gasteiger partial charge in [-0.1, -0.05) is 18.2 Å². The molecular weight excluding hydrogens is 392 g/mol. The fraction of sp³-hybridized carbons (Fsp3) is 0.417. The second-order valence-corrected chi connectivity index (χ2v) is 8.08. The van der Waals surface area contributed by atoms with Crippen LogP contribution in [0, 0.1) is 6.92 Å². The Morgan fingerprint density at radius 3 is 2.23 bits per heavy atom. The van der Waals surface area contributed by atoms with Crippen molar-refractivity contribution in [3.8, 4) is 0 Å². The van der Waals surface area contributed by atoms with Crippen molar-refractivity contribution in [1.82, 2.24) is 4.90 Å². The summed E-state index contributed by atoms with van der Waals surface area (Å²) in [6.07, 6.45) is 0. The summed E-state index contributed by atoms with van der Waals surface area (Å²) in [7, 11) is 0. The minimum absolute atomic E-state index is 0.0419. The number of anilines is 3. The van der Waals surface area contributed by atoms with Gasteiger partial charge in [0.05, 0.1) is 24.5 Å². The monoisotopic (exact) mass is 422 g/mol. The first-order valence-corrected chi connectivity index (χ1v) is 10.9. The number of carbonyl (C=O) groups is 2. The van der Waals surface area contributed by atoms with Crippen molar-refractivity contribution in [2.75, 3.05) is 67.6 Å². The van der Waals surface area contributed by atoms with Gasteiger partial charge >= 0.3 is 0 Å². The van der Waals surface area contributed by atoms with Gasteiger partial charge in [0, 0.05) is 57.6 Å². The van der Waals surface area contributed by atoms with E-state index < -0.39 is 0 Å². The highest BCUT2D eigenvalue weighted by Gasteiger charge is 2.26. The summed E-state index contributed by atoms with van der Waals surface area (Å²) < 4.78 is 5.48. The SMILES string of the molecule is CC(=O)Nc1ccc(C(=O)N2CCN(c3ccccc3C)CC2)c(N2CCOCC2)c1. The van der Waals surface area contributed by atoms with Crippen LogP contribution in [0.5, 0.6) is 0 Å². The van der Waals surface area contributed by atoms with E-state index in [1.54, 1.807) is 0 Å². The number of morpholine rings is 1.